The number of nitrogens with zero attached hydrogens (tertiary/aromatic N) is 1. The summed E-state index contributed by atoms with van der Waals surface area (Å²) in [7, 11) is -3.50. The third-order valence-electron chi connectivity index (χ3n) is 4.16. The van der Waals surface area contributed by atoms with Gasteiger partial charge in [0.1, 0.15) is 6.10 Å². The molecule has 7 heteroatoms. The minimum atomic E-state index is -3.50. The Kier molecular flexibility index (Phi) is 5.29. The number of ether oxygens (including phenoxy) is 1. The summed E-state index contributed by atoms with van der Waals surface area (Å²) in [6.07, 6.45) is -0.978. The molecule has 2 aromatic rings. The highest BCUT2D eigenvalue weighted by Gasteiger charge is 2.33. The first-order chi connectivity index (χ1) is 12.3. The highest BCUT2D eigenvalue weighted by atomic mass is 32.2. The molecule has 6 nitrogen and oxygen atoms in total. The molecule has 0 radical (unpaired) electrons. The lowest BCUT2D eigenvalue weighted by Crippen LogP contribution is -2.35. The molecular weight excluding hydrogens is 352 g/mol. The zero-order chi connectivity index (χ0) is 18.7. The van der Waals surface area contributed by atoms with Crippen LogP contribution in [0.25, 0.3) is 0 Å². The number of benzene rings is 2. The second kappa shape index (κ2) is 7.47. The Labute approximate surface area is 153 Å². The number of hydrogen-bond donors (Lipinski definition) is 1. The first-order valence-electron chi connectivity index (χ1n) is 8.40. The molecule has 1 saturated heterocycles. The molecule has 1 N–H and O–H groups in total. The van der Waals surface area contributed by atoms with Gasteiger partial charge >= 0.3 is 6.09 Å². The fourth-order valence-electron chi connectivity index (χ4n) is 2.93. The molecule has 1 fully saturated rings. The van der Waals surface area contributed by atoms with Gasteiger partial charge in [-0.3, -0.25) is 4.90 Å². The second-order valence-corrected chi connectivity index (χ2v) is 8.36. The summed E-state index contributed by atoms with van der Waals surface area (Å²) in [4.78, 5) is 13.6. The molecule has 138 valence electrons. The number of anilines is 1. The molecule has 1 unspecified atom stereocenters. The van der Waals surface area contributed by atoms with Gasteiger partial charge in [0, 0.05) is 12.2 Å². The monoisotopic (exact) mass is 374 g/mol. The number of rotatable bonds is 6. The summed E-state index contributed by atoms with van der Waals surface area (Å²) in [5.41, 5.74) is 3.52. The van der Waals surface area contributed by atoms with E-state index >= 15 is 0 Å². The molecule has 0 saturated carbocycles. The number of cyclic esters (lactones) is 1. The van der Waals surface area contributed by atoms with Crippen LogP contribution in [0.2, 0.25) is 0 Å². The highest BCUT2D eigenvalue weighted by Crippen LogP contribution is 2.22. The van der Waals surface area contributed by atoms with Crippen molar-refractivity contribution in [2.75, 3.05) is 18.0 Å². The lowest BCUT2D eigenvalue weighted by Gasteiger charge is -2.13. The molecule has 3 rings (SSSR count). The Hall–Kier alpha value is -2.38. The van der Waals surface area contributed by atoms with Gasteiger partial charge < -0.3 is 4.74 Å². The molecule has 26 heavy (non-hydrogen) atoms. The van der Waals surface area contributed by atoms with Gasteiger partial charge in [-0.2, -0.15) is 0 Å². The van der Waals surface area contributed by atoms with Crippen molar-refractivity contribution in [3.05, 3.63) is 65.2 Å². The van der Waals surface area contributed by atoms with Gasteiger partial charge in [0.05, 0.1) is 12.3 Å². The van der Waals surface area contributed by atoms with Crippen LogP contribution in [0, 0.1) is 13.8 Å². The average molecular weight is 374 g/mol. The van der Waals surface area contributed by atoms with E-state index in [2.05, 4.69) is 4.72 Å². The highest BCUT2D eigenvalue weighted by molar-refractivity contribution is 7.88. The standard InChI is InChI=1S/C19H22N2O4S/c1-14-5-3-7-16(9-14)13-26(23,24)20-11-18-12-21(19(22)25-18)17-8-4-6-15(2)10-17/h3-10,18,20H,11-13H2,1-2H3. The molecule has 1 aliphatic rings. The number of carbonyl (C=O) groups excluding carboxylic acids is 1. The lowest BCUT2D eigenvalue weighted by atomic mass is 10.2. The average Bonchev–Trinajstić information content (AvgIpc) is 2.94. The SMILES string of the molecule is Cc1cccc(CS(=O)(=O)NCC2CN(c3cccc(C)c3)C(=O)O2)c1. The van der Waals surface area contributed by atoms with Crippen LogP contribution in [0.15, 0.2) is 48.5 Å². The summed E-state index contributed by atoms with van der Waals surface area (Å²) in [6, 6.07) is 14.9. The topological polar surface area (TPSA) is 75.7 Å². The molecule has 0 aliphatic carbocycles. The maximum Gasteiger partial charge on any atom is 0.414 e. The summed E-state index contributed by atoms with van der Waals surface area (Å²) in [5, 5.41) is 0. The quantitative estimate of drug-likeness (QED) is 0.844. The van der Waals surface area contributed by atoms with Crippen molar-refractivity contribution in [3.63, 3.8) is 0 Å². The van der Waals surface area contributed by atoms with Gasteiger partial charge in [-0.05, 0) is 37.1 Å². The van der Waals surface area contributed by atoms with Crippen LogP contribution in [0.3, 0.4) is 0 Å². The van der Waals surface area contributed by atoms with Crippen LogP contribution in [-0.2, 0) is 20.5 Å². The molecule has 1 heterocycles. The molecule has 0 aromatic heterocycles. The molecule has 2 aromatic carbocycles. The Morgan fingerprint density at radius 2 is 1.81 bits per heavy atom. The number of amides is 1. The molecule has 0 spiro atoms. The van der Waals surface area contributed by atoms with Gasteiger partial charge in [0.25, 0.3) is 0 Å². The van der Waals surface area contributed by atoms with Gasteiger partial charge in [-0.1, -0.05) is 42.0 Å². The normalized spacial score (nSPS) is 17.4. The zero-order valence-electron chi connectivity index (χ0n) is 14.8. The van der Waals surface area contributed by atoms with Gasteiger partial charge in [-0.15, -0.1) is 0 Å². The van der Waals surface area contributed by atoms with E-state index in [1.807, 2.05) is 56.3 Å². The summed E-state index contributed by atoms with van der Waals surface area (Å²) in [5.74, 6) is -0.100. The van der Waals surface area contributed by atoms with Crippen molar-refractivity contribution < 1.29 is 17.9 Å². The largest absolute Gasteiger partial charge is 0.443 e. The van der Waals surface area contributed by atoms with E-state index in [1.54, 1.807) is 6.07 Å². The predicted molar refractivity (Wildman–Crippen MR) is 101 cm³/mol. The van der Waals surface area contributed by atoms with E-state index in [9.17, 15) is 13.2 Å². The maximum absolute atomic E-state index is 12.3. The first kappa shape index (κ1) is 18.4. The van der Waals surface area contributed by atoms with Gasteiger partial charge in [0.2, 0.25) is 10.0 Å². The van der Waals surface area contributed by atoms with Crippen molar-refractivity contribution in [1.82, 2.24) is 4.72 Å². The van der Waals surface area contributed by atoms with E-state index < -0.39 is 22.2 Å². The van der Waals surface area contributed by atoms with Crippen LogP contribution in [0.1, 0.15) is 16.7 Å². The number of sulfonamides is 1. The Morgan fingerprint density at radius 3 is 2.50 bits per heavy atom. The Morgan fingerprint density at radius 1 is 1.12 bits per heavy atom. The van der Waals surface area contributed by atoms with E-state index in [1.165, 1.54) is 4.90 Å². The molecule has 1 amide bonds. The minimum absolute atomic E-state index is 0.0577. The minimum Gasteiger partial charge on any atom is -0.443 e. The fraction of sp³-hybridized carbons (Fsp3) is 0.316. The number of hydrogen-bond acceptors (Lipinski definition) is 4. The van der Waals surface area contributed by atoms with Crippen LogP contribution < -0.4 is 9.62 Å². The number of nitrogens with one attached hydrogen (secondary N) is 1. The van der Waals surface area contributed by atoms with Gasteiger partial charge in [0.15, 0.2) is 0 Å². The summed E-state index contributed by atoms with van der Waals surface area (Å²) >= 11 is 0. The van der Waals surface area contributed by atoms with Crippen molar-refractivity contribution in [3.8, 4) is 0 Å². The van der Waals surface area contributed by atoms with E-state index in [0.717, 1.165) is 22.4 Å². The van der Waals surface area contributed by atoms with Crippen molar-refractivity contribution in [2.24, 2.45) is 0 Å². The van der Waals surface area contributed by atoms with Crippen molar-refractivity contribution in [2.45, 2.75) is 25.7 Å². The molecular formula is C19H22N2O4S. The number of carbonyl (C=O) groups is 1. The van der Waals surface area contributed by atoms with Crippen molar-refractivity contribution >= 4 is 21.8 Å². The third-order valence-corrected chi connectivity index (χ3v) is 5.48. The summed E-state index contributed by atoms with van der Waals surface area (Å²) < 4.78 is 32.4. The zero-order valence-corrected chi connectivity index (χ0v) is 15.6. The Balaban J connectivity index is 1.59. The second-order valence-electron chi connectivity index (χ2n) is 6.55. The Bertz CT molecular complexity index is 911. The molecule has 0 bridgehead atoms. The van der Waals surface area contributed by atoms with Crippen molar-refractivity contribution in [1.29, 1.82) is 0 Å². The third kappa shape index (κ3) is 4.62. The van der Waals surface area contributed by atoms with Crippen LogP contribution >= 0.6 is 0 Å². The van der Waals surface area contributed by atoms with E-state index in [4.69, 9.17) is 4.74 Å². The van der Waals surface area contributed by atoms with E-state index in [0.29, 0.717) is 6.54 Å². The molecule has 1 atom stereocenters. The van der Waals surface area contributed by atoms with Crippen LogP contribution in [0.5, 0.6) is 0 Å². The predicted octanol–water partition coefficient (Wildman–Crippen LogP) is 2.75. The lowest BCUT2D eigenvalue weighted by molar-refractivity contribution is 0.143. The van der Waals surface area contributed by atoms with E-state index in [-0.39, 0.29) is 12.3 Å². The first-order valence-corrected chi connectivity index (χ1v) is 10.1. The summed E-state index contributed by atoms with van der Waals surface area (Å²) in [6.45, 7) is 4.24. The van der Waals surface area contributed by atoms with Gasteiger partial charge in [-0.25, -0.2) is 17.9 Å². The fourth-order valence-corrected chi connectivity index (χ4v) is 4.09. The van der Waals surface area contributed by atoms with Crippen LogP contribution in [-0.4, -0.2) is 33.7 Å². The smallest absolute Gasteiger partial charge is 0.414 e. The maximum atomic E-state index is 12.3. The number of aryl methyl sites for hydroxylation is 2. The van der Waals surface area contributed by atoms with Crippen LogP contribution in [0.4, 0.5) is 10.5 Å². The molecule has 1 aliphatic heterocycles.